The summed E-state index contributed by atoms with van der Waals surface area (Å²) < 4.78 is 54.0. The molecule has 9 heteroatoms. The summed E-state index contributed by atoms with van der Waals surface area (Å²) in [5.74, 6) is -6.44. The van der Waals surface area contributed by atoms with Crippen molar-refractivity contribution in [3.05, 3.63) is 29.3 Å². The average Bonchev–Trinajstić information content (AvgIpc) is 3.06. The first-order chi connectivity index (χ1) is 14.7. The van der Waals surface area contributed by atoms with Gasteiger partial charge in [0.25, 0.3) is 0 Å². The van der Waals surface area contributed by atoms with Crippen molar-refractivity contribution in [1.82, 2.24) is 0 Å². The summed E-state index contributed by atoms with van der Waals surface area (Å²) in [6, 6.07) is 0.152. The van der Waals surface area contributed by atoms with E-state index in [1.807, 2.05) is 0 Å². The van der Waals surface area contributed by atoms with E-state index in [1.165, 1.54) is 0 Å². The van der Waals surface area contributed by atoms with Gasteiger partial charge in [-0.15, -0.1) is 11.8 Å². The number of unbranched alkanes of at least 4 members (excludes halogenated alkanes) is 3. The molecular formula is C22H30F4O4S. The Morgan fingerprint density at radius 1 is 1.03 bits per heavy atom. The first kappa shape index (κ1) is 25.9. The summed E-state index contributed by atoms with van der Waals surface area (Å²) in [5, 5.41) is 29.1. The van der Waals surface area contributed by atoms with Gasteiger partial charge in [0.15, 0.2) is 23.3 Å². The fraction of sp³-hybridized carbons (Fsp3) is 0.682. The second-order valence-electron chi connectivity index (χ2n) is 8.25. The summed E-state index contributed by atoms with van der Waals surface area (Å²) in [7, 11) is 0. The van der Waals surface area contributed by atoms with E-state index in [1.54, 1.807) is 0 Å². The highest BCUT2D eigenvalue weighted by molar-refractivity contribution is 7.99. The van der Waals surface area contributed by atoms with Crippen LogP contribution in [-0.2, 0) is 4.79 Å². The molecule has 2 unspecified atom stereocenters. The topological polar surface area (TPSA) is 77.8 Å². The Labute approximate surface area is 184 Å². The quantitative estimate of drug-likeness (QED) is 0.159. The molecule has 0 aromatic heterocycles. The number of carboxylic acids is 1. The van der Waals surface area contributed by atoms with Crippen molar-refractivity contribution in [2.45, 2.75) is 81.3 Å². The molecule has 1 aliphatic rings. The SMILES string of the molecule is O=C(O)CCCCCCC1CC[C@@H](O)[C@@H]1CCC(O)CSc1c(F)c(F)cc(F)c1F. The third-order valence-electron chi connectivity index (χ3n) is 5.97. The minimum Gasteiger partial charge on any atom is -0.481 e. The van der Waals surface area contributed by atoms with E-state index in [9.17, 15) is 32.6 Å². The van der Waals surface area contributed by atoms with Crippen LogP contribution in [0.4, 0.5) is 17.6 Å². The Balaban J connectivity index is 1.75. The van der Waals surface area contributed by atoms with Crippen LogP contribution >= 0.6 is 11.8 Å². The van der Waals surface area contributed by atoms with Gasteiger partial charge in [-0.2, -0.15) is 0 Å². The molecule has 176 valence electrons. The van der Waals surface area contributed by atoms with Crippen LogP contribution in [0.1, 0.15) is 64.2 Å². The Bertz CT molecular complexity index is 708. The number of benzene rings is 1. The molecule has 2 rings (SSSR count). The van der Waals surface area contributed by atoms with E-state index < -0.39 is 46.3 Å². The fourth-order valence-electron chi connectivity index (χ4n) is 4.28. The summed E-state index contributed by atoms with van der Waals surface area (Å²) >= 11 is 0.533. The molecule has 0 amide bonds. The molecule has 0 aliphatic heterocycles. The van der Waals surface area contributed by atoms with E-state index >= 15 is 0 Å². The normalized spacial score (nSPS) is 22.1. The third-order valence-corrected chi connectivity index (χ3v) is 7.17. The van der Waals surface area contributed by atoms with Crippen molar-refractivity contribution in [2.75, 3.05) is 5.75 Å². The molecule has 1 aliphatic carbocycles. The monoisotopic (exact) mass is 466 g/mol. The lowest BCUT2D eigenvalue weighted by molar-refractivity contribution is -0.137. The maximum absolute atomic E-state index is 13.7. The molecule has 1 aromatic carbocycles. The van der Waals surface area contributed by atoms with Gasteiger partial charge in [0, 0.05) is 18.2 Å². The summed E-state index contributed by atoms with van der Waals surface area (Å²) in [6.07, 6.45) is 5.58. The Kier molecular flexibility index (Phi) is 10.6. The van der Waals surface area contributed by atoms with Gasteiger partial charge in [0.1, 0.15) is 0 Å². The minimum absolute atomic E-state index is 0.0266. The summed E-state index contributed by atoms with van der Waals surface area (Å²) in [5.41, 5.74) is 0. The molecule has 0 heterocycles. The van der Waals surface area contributed by atoms with Gasteiger partial charge in [-0.25, -0.2) is 17.6 Å². The van der Waals surface area contributed by atoms with Gasteiger partial charge < -0.3 is 15.3 Å². The van der Waals surface area contributed by atoms with Gasteiger partial charge in [-0.3, -0.25) is 4.79 Å². The number of aliphatic hydroxyl groups excluding tert-OH is 2. The van der Waals surface area contributed by atoms with Crippen LogP contribution < -0.4 is 0 Å². The molecule has 1 fully saturated rings. The lowest BCUT2D eigenvalue weighted by Gasteiger charge is -2.23. The molecule has 0 saturated heterocycles. The zero-order chi connectivity index (χ0) is 23.0. The lowest BCUT2D eigenvalue weighted by atomic mass is 9.86. The standard InChI is InChI=1S/C22H30F4O4S/c23-16-11-17(24)21(26)22(20(16)25)31-12-14(27)8-9-15-13(7-10-18(15)28)5-3-1-2-4-6-19(29)30/h11,13-15,18,27-28H,1-10,12H2,(H,29,30)/t13?,14?,15-,18-/m1/s1. The van der Waals surface area contributed by atoms with Crippen molar-refractivity contribution >= 4 is 17.7 Å². The zero-order valence-electron chi connectivity index (χ0n) is 17.3. The molecule has 4 atom stereocenters. The molecule has 3 N–H and O–H groups in total. The molecule has 1 saturated carbocycles. The van der Waals surface area contributed by atoms with Gasteiger partial charge in [0.2, 0.25) is 0 Å². The van der Waals surface area contributed by atoms with Crippen LogP contribution in [0.3, 0.4) is 0 Å². The van der Waals surface area contributed by atoms with Crippen LogP contribution in [0.25, 0.3) is 0 Å². The molecule has 31 heavy (non-hydrogen) atoms. The largest absolute Gasteiger partial charge is 0.481 e. The van der Waals surface area contributed by atoms with E-state index in [4.69, 9.17) is 5.11 Å². The molecule has 1 aromatic rings. The Morgan fingerprint density at radius 2 is 1.68 bits per heavy atom. The maximum atomic E-state index is 13.7. The second kappa shape index (κ2) is 12.6. The molecule has 0 radical (unpaired) electrons. The number of carboxylic acid groups (broad SMARTS) is 1. The molecular weight excluding hydrogens is 436 g/mol. The highest BCUT2D eigenvalue weighted by atomic mass is 32.2. The predicted molar refractivity (Wildman–Crippen MR) is 110 cm³/mol. The van der Waals surface area contributed by atoms with Gasteiger partial charge in [-0.05, 0) is 43.9 Å². The average molecular weight is 467 g/mol. The number of halogens is 4. The first-order valence-corrected chi connectivity index (χ1v) is 11.7. The fourth-order valence-corrected chi connectivity index (χ4v) is 5.25. The van der Waals surface area contributed by atoms with E-state index in [-0.39, 0.29) is 24.2 Å². The van der Waals surface area contributed by atoms with Gasteiger partial charge in [-0.1, -0.05) is 25.7 Å². The maximum Gasteiger partial charge on any atom is 0.303 e. The summed E-state index contributed by atoms with van der Waals surface area (Å²) in [6.45, 7) is 0. The Morgan fingerprint density at radius 3 is 2.32 bits per heavy atom. The zero-order valence-corrected chi connectivity index (χ0v) is 18.2. The van der Waals surface area contributed by atoms with Crippen LogP contribution in [0.2, 0.25) is 0 Å². The molecule has 4 nitrogen and oxygen atoms in total. The number of aliphatic carboxylic acids is 1. The second-order valence-corrected chi connectivity index (χ2v) is 9.28. The number of rotatable bonds is 13. The first-order valence-electron chi connectivity index (χ1n) is 10.7. The number of hydrogen-bond donors (Lipinski definition) is 3. The van der Waals surface area contributed by atoms with Crippen LogP contribution in [0, 0.1) is 35.1 Å². The number of hydrogen-bond acceptors (Lipinski definition) is 4. The molecule has 0 bridgehead atoms. The highest BCUT2D eigenvalue weighted by Gasteiger charge is 2.34. The van der Waals surface area contributed by atoms with Crippen molar-refractivity contribution in [1.29, 1.82) is 0 Å². The molecule has 0 spiro atoms. The van der Waals surface area contributed by atoms with E-state index in [2.05, 4.69) is 0 Å². The Hall–Kier alpha value is -1.32. The number of carbonyl (C=O) groups is 1. The predicted octanol–water partition coefficient (Wildman–Crippen LogP) is 5.29. The minimum atomic E-state index is -1.48. The van der Waals surface area contributed by atoms with Crippen LogP contribution in [-0.4, -0.2) is 39.2 Å². The lowest BCUT2D eigenvalue weighted by Crippen LogP contribution is -2.22. The summed E-state index contributed by atoms with van der Waals surface area (Å²) in [4.78, 5) is 9.74. The highest BCUT2D eigenvalue weighted by Crippen LogP contribution is 2.39. The number of aliphatic hydroxyl groups is 2. The number of thioether (sulfide) groups is 1. The van der Waals surface area contributed by atoms with Crippen molar-refractivity contribution < 1.29 is 37.7 Å². The van der Waals surface area contributed by atoms with E-state index in [0.717, 1.165) is 32.1 Å². The van der Waals surface area contributed by atoms with Crippen LogP contribution in [0.15, 0.2) is 11.0 Å². The van der Waals surface area contributed by atoms with Crippen molar-refractivity contribution in [3.8, 4) is 0 Å². The third kappa shape index (κ3) is 7.95. The van der Waals surface area contributed by atoms with Crippen molar-refractivity contribution in [2.24, 2.45) is 11.8 Å². The van der Waals surface area contributed by atoms with Gasteiger partial charge in [0.05, 0.1) is 17.1 Å². The van der Waals surface area contributed by atoms with Crippen molar-refractivity contribution in [3.63, 3.8) is 0 Å². The smallest absolute Gasteiger partial charge is 0.303 e. The van der Waals surface area contributed by atoms with Crippen LogP contribution in [0.5, 0.6) is 0 Å². The van der Waals surface area contributed by atoms with Gasteiger partial charge >= 0.3 is 5.97 Å². The van der Waals surface area contributed by atoms with E-state index in [0.29, 0.717) is 43.4 Å².